The minimum Gasteiger partial charge on any atom is -0.507 e. The Bertz CT molecular complexity index is 787. The molecule has 0 heterocycles. The first-order valence-corrected chi connectivity index (χ1v) is 10.6. The van der Waals surface area contributed by atoms with Crippen molar-refractivity contribution in [3.05, 3.63) is 57.6 Å². The molecule has 4 nitrogen and oxygen atoms in total. The van der Waals surface area contributed by atoms with Gasteiger partial charge < -0.3 is 10.2 Å². The third-order valence-electron chi connectivity index (χ3n) is 4.89. The maximum absolute atomic E-state index is 12.4. The van der Waals surface area contributed by atoms with Crippen LogP contribution in [0.2, 0.25) is 0 Å². The second-order valence-electron chi connectivity index (χ2n) is 7.38. The zero-order valence-corrected chi connectivity index (χ0v) is 17.9. The molecule has 0 fully saturated rings. The summed E-state index contributed by atoms with van der Waals surface area (Å²) in [7, 11) is -1.82. The average Bonchev–Trinajstić information content (AvgIpc) is 2.59. The molecule has 0 aliphatic heterocycles. The Kier molecular flexibility index (Phi) is 7.02. The number of benzene rings is 2. The van der Waals surface area contributed by atoms with Gasteiger partial charge in [0.25, 0.3) is 0 Å². The predicted molar refractivity (Wildman–Crippen MR) is 110 cm³/mol. The van der Waals surface area contributed by atoms with Crippen LogP contribution in [0.4, 0.5) is 0 Å². The average molecular weight is 389 g/mol. The predicted octanol–water partition coefficient (Wildman–Crippen LogP) is 6.02. The lowest BCUT2D eigenvalue weighted by Gasteiger charge is -2.23. The molecule has 0 aromatic heterocycles. The van der Waals surface area contributed by atoms with Crippen LogP contribution in [0.25, 0.3) is 0 Å². The summed E-state index contributed by atoms with van der Waals surface area (Å²) in [6.45, 7) is 11.8. The van der Waals surface area contributed by atoms with Gasteiger partial charge in [-0.2, -0.15) is 0 Å². The Morgan fingerprint density at radius 1 is 0.926 bits per heavy atom. The molecule has 2 N–H and O–H groups in total. The zero-order chi connectivity index (χ0) is 20.3. The van der Waals surface area contributed by atoms with Crippen LogP contribution in [-0.4, -0.2) is 22.5 Å². The zero-order valence-electron chi connectivity index (χ0n) is 17.0. The first-order valence-electron chi connectivity index (χ1n) is 9.35. The van der Waals surface area contributed by atoms with Crippen molar-refractivity contribution in [1.82, 2.24) is 0 Å². The molecule has 0 radical (unpaired) electrons. The molecule has 2 unspecified atom stereocenters. The molecule has 2 atom stereocenters. The molecular formula is C22H30O4P+. The number of hydrogen-bond donors (Lipinski definition) is 2. The highest BCUT2D eigenvalue weighted by atomic mass is 31.1. The second kappa shape index (κ2) is 8.86. The quantitative estimate of drug-likeness (QED) is 0.568. The van der Waals surface area contributed by atoms with Crippen LogP contribution < -0.4 is 0 Å². The Labute approximate surface area is 163 Å². The van der Waals surface area contributed by atoms with Crippen LogP contribution >= 0.6 is 8.03 Å². The number of phenolic OH excluding ortho intramolecular Hbond substituents is 2. The van der Waals surface area contributed by atoms with Gasteiger partial charge in [0, 0.05) is 23.5 Å². The van der Waals surface area contributed by atoms with E-state index in [4.69, 9.17) is 4.52 Å². The summed E-state index contributed by atoms with van der Waals surface area (Å²) in [4.78, 5) is 0. The van der Waals surface area contributed by atoms with Crippen molar-refractivity contribution in [3.8, 4) is 11.5 Å². The minimum atomic E-state index is -1.82. The van der Waals surface area contributed by atoms with Crippen LogP contribution in [0.1, 0.15) is 59.6 Å². The highest BCUT2D eigenvalue weighted by Crippen LogP contribution is 2.45. The Balaban J connectivity index is 2.62. The van der Waals surface area contributed by atoms with Crippen molar-refractivity contribution in [3.63, 3.8) is 0 Å². The highest BCUT2D eigenvalue weighted by Gasteiger charge is 2.34. The Hall–Kier alpha value is -1.90. The summed E-state index contributed by atoms with van der Waals surface area (Å²) >= 11 is 0. The van der Waals surface area contributed by atoms with Crippen molar-refractivity contribution in [2.45, 2.75) is 59.5 Å². The minimum absolute atomic E-state index is 0.217. The first kappa shape index (κ1) is 21.4. The molecule has 0 bridgehead atoms. The maximum atomic E-state index is 12.4. The van der Waals surface area contributed by atoms with E-state index >= 15 is 0 Å². The van der Waals surface area contributed by atoms with E-state index in [-0.39, 0.29) is 23.1 Å². The molecule has 2 rings (SSSR count). The topological polar surface area (TPSA) is 66.8 Å². The normalized spacial score (nSPS) is 13.1. The number of rotatable bonds is 7. The van der Waals surface area contributed by atoms with E-state index < -0.39 is 8.03 Å². The smallest absolute Gasteiger partial charge is 0.507 e. The third kappa shape index (κ3) is 4.88. The van der Waals surface area contributed by atoms with Crippen molar-refractivity contribution < 1.29 is 19.3 Å². The summed E-state index contributed by atoms with van der Waals surface area (Å²) in [5.41, 5.74) is 4.94. The highest BCUT2D eigenvalue weighted by molar-refractivity contribution is 7.40. The van der Waals surface area contributed by atoms with Crippen molar-refractivity contribution in [1.29, 1.82) is 0 Å². The van der Waals surface area contributed by atoms with E-state index in [1.807, 2.05) is 65.8 Å². The van der Waals surface area contributed by atoms with Crippen LogP contribution in [0.3, 0.4) is 0 Å². The molecule has 2 aromatic rings. The lowest BCUT2D eigenvalue weighted by Crippen LogP contribution is -2.11. The summed E-state index contributed by atoms with van der Waals surface area (Å²) in [6.07, 6.45) is 0.502. The van der Waals surface area contributed by atoms with Crippen LogP contribution in [0.5, 0.6) is 11.5 Å². The van der Waals surface area contributed by atoms with Crippen LogP contribution in [0, 0.1) is 27.7 Å². The van der Waals surface area contributed by atoms with Gasteiger partial charge in [-0.05, 0) is 57.2 Å². The fraction of sp³-hybridized carbons (Fsp3) is 0.455. The van der Waals surface area contributed by atoms with Gasteiger partial charge in [0.2, 0.25) is 0 Å². The maximum Gasteiger partial charge on any atom is 0.510 e. The van der Waals surface area contributed by atoms with Crippen LogP contribution in [-0.2, 0) is 9.09 Å². The van der Waals surface area contributed by atoms with Gasteiger partial charge in [-0.15, -0.1) is 4.52 Å². The van der Waals surface area contributed by atoms with Gasteiger partial charge >= 0.3 is 8.03 Å². The van der Waals surface area contributed by atoms with Gasteiger partial charge in [-0.3, -0.25) is 0 Å². The van der Waals surface area contributed by atoms with Crippen molar-refractivity contribution in [2.75, 3.05) is 6.61 Å². The monoisotopic (exact) mass is 389 g/mol. The SMILES string of the molecule is CCO[P+](=O)C(C)CC(c1cc(C)cc(C)c1O)c1cc(C)cc(C)c1O. The van der Waals surface area contributed by atoms with Gasteiger partial charge in [-0.25, -0.2) is 0 Å². The Morgan fingerprint density at radius 3 is 1.78 bits per heavy atom. The van der Waals surface area contributed by atoms with Crippen molar-refractivity contribution >= 4 is 8.03 Å². The molecule has 27 heavy (non-hydrogen) atoms. The van der Waals surface area contributed by atoms with Gasteiger partial charge in [0.15, 0.2) is 5.66 Å². The molecule has 2 aromatic carbocycles. The molecule has 146 valence electrons. The summed E-state index contributed by atoms with van der Waals surface area (Å²) in [5, 5.41) is 21.5. The molecule has 0 saturated carbocycles. The molecule has 5 heteroatoms. The number of hydrogen-bond acceptors (Lipinski definition) is 4. The largest absolute Gasteiger partial charge is 0.510 e. The molecule has 0 aliphatic rings. The molecule has 0 amide bonds. The fourth-order valence-electron chi connectivity index (χ4n) is 3.62. The fourth-order valence-corrected chi connectivity index (χ4v) is 4.51. The number of aryl methyl sites for hydroxylation is 4. The molecule has 0 saturated heterocycles. The van der Waals surface area contributed by atoms with Crippen molar-refractivity contribution in [2.24, 2.45) is 0 Å². The third-order valence-corrected chi connectivity index (χ3v) is 6.34. The van der Waals surface area contributed by atoms with Gasteiger partial charge in [0.1, 0.15) is 11.5 Å². The standard InChI is InChI=1S/C22H29O4P/c1-7-26-27(25)17(6)12-18(19-10-13(2)8-15(4)21(19)23)20-11-14(3)9-16(5)22(20)24/h8-11,17-18H,7,12H2,1-6H3,(H-,23,24)/p+1. The summed E-state index contributed by atoms with van der Waals surface area (Å²) in [6, 6.07) is 7.76. The van der Waals surface area contributed by atoms with E-state index in [1.165, 1.54) is 0 Å². The van der Waals surface area contributed by atoms with E-state index in [0.717, 1.165) is 33.4 Å². The summed E-state index contributed by atoms with van der Waals surface area (Å²) < 4.78 is 17.7. The first-order chi connectivity index (χ1) is 12.6. The van der Waals surface area contributed by atoms with E-state index in [2.05, 4.69) is 0 Å². The molecular weight excluding hydrogens is 359 g/mol. The Morgan fingerprint density at radius 2 is 1.37 bits per heavy atom. The van der Waals surface area contributed by atoms with E-state index in [0.29, 0.717) is 13.0 Å². The molecule has 0 spiro atoms. The lowest BCUT2D eigenvalue weighted by molar-refractivity contribution is 0.342. The van der Waals surface area contributed by atoms with Gasteiger partial charge in [0.05, 0.1) is 6.61 Å². The number of phenols is 2. The summed E-state index contributed by atoms with van der Waals surface area (Å²) in [5.74, 6) is 0.169. The molecule has 0 aliphatic carbocycles. The van der Waals surface area contributed by atoms with E-state index in [9.17, 15) is 14.8 Å². The lowest BCUT2D eigenvalue weighted by atomic mass is 9.83. The van der Waals surface area contributed by atoms with Gasteiger partial charge in [-0.1, -0.05) is 35.4 Å². The number of aromatic hydroxyl groups is 2. The second-order valence-corrected chi connectivity index (χ2v) is 9.09. The van der Waals surface area contributed by atoms with Crippen LogP contribution in [0.15, 0.2) is 24.3 Å². The van der Waals surface area contributed by atoms with E-state index in [1.54, 1.807) is 0 Å².